The Hall–Kier alpha value is -3.35. The Balaban J connectivity index is 1.82. The van der Waals surface area contributed by atoms with Gasteiger partial charge in [0.25, 0.3) is 24.7 Å². The number of hydrogen-bond donors (Lipinski definition) is 2. The number of halogens is 5. The molecule has 32 heavy (non-hydrogen) atoms. The number of rotatable bonds is 8. The monoisotopic (exact) mass is 476 g/mol. The molecule has 0 atom stereocenters. The number of aryl methyl sites for hydroxylation is 1. The molecule has 0 aliphatic rings. The number of amides is 2. The van der Waals surface area contributed by atoms with E-state index in [-0.39, 0.29) is 22.9 Å². The molecule has 0 bridgehead atoms. The van der Waals surface area contributed by atoms with Crippen molar-refractivity contribution in [3.05, 3.63) is 52.0 Å². The van der Waals surface area contributed by atoms with E-state index in [1.54, 1.807) is 6.92 Å². The summed E-state index contributed by atoms with van der Waals surface area (Å²) >= 11 is 5.62. The summed E-state index contributed by atoms with van der Waals surface area (Å²) in [6.07, 6.45) is -4.84. The highest BCUT2D eigenvalue weighted by molar-refractivity contribution is 6.32. The van der Waals surface area contributed by atoms with E-state index in [4.69, 9.17) is 16.0 Å². The number of hydrogen-bond acceptors (Lipinski definition) is 5. The Morgan fingerprint density at radius 1 is 1.16 bits per heavy atom. The first-order valence-electron chi connectivity index (χ1n) is 9.18. The van der Waals surface area contributed by atoms with Gasteiger partial charge in [-0.15, -0.1) is 0 Å². The van der Waals surface area contributed by atoms with Crippen LogP contribution < -0.4 is 10.6 Å². The van der Waals surface area contributed by atoms with Crippen LogP contribution in [-0.4, -0.2) is 38.4 Å². The molecule has 9 nitrogen and oxygen atoms in total. The van der Waals surface area contributed by atoms with Crippen molar-refractivity contribution >= 4 is 29.1 Å². The zero-order chi connectivity index (χ0) is 23.6. The van der Waals surface area contributed by atoms with E-state index < -0.39 is 47.6 Å². The molecule has 0 saturated carbocycles. The molecule has 2 N–H and O–H groups in total. The average molecular weight is 477 g/mol. The summed E-state index contributed by atoms with van der Waals surface area (Å²) in [7, 11) is 1.41. The minimum atomic E-state index is -3.15. The van der Waals surface area contributed by atoms with Crippen LogP contribution in [0.3, 0.4) is 0 Å². The highest BCUT2D eigenvalue weighted by Crippen LogP contribution is 2.35. The summed E-state index contributed by atoms with van der Waals surface area (Å²) in [5.41, 5.74) is -1.73. The van der Waals surface area contributed by atoms with Crippen molar-refractivity contribution in [3.63, 3.8) is 0 Å². The van der Waals surface area contributed by atoms with Gasteiger partial charge in [-0.05, 0) is 19.1 Å². The van der Waals surface area contributed by atoms with Crippen molar-refractivity contribution in [1.82, 2.24) is 24.9 Å². The lowest BCUT2D eigenvalue weighted by atomic mass is 10.3. The van der Waals surface area contributed by atoms with Gasteiger partial charge in [-0.2, -0.15) is 10.2 Å². The largest absolute Gasteiger partial charge is 0.454 e. The quantitative estimate of drug-likeness (QED) is 0.480. The summed E-state index contributed by atoms with van der Waals surface area (Å²) < 4.78 is 59.9. The lowest BCUT2D eigenvalue weighted by Crippen LogP contribution is -2.21. The summed E-state index contributed by atoms with van der Waals surface area (Å²) in [5.74, 6) is -1.47. The molecule has 0 spiro atoms. The maximum Gasteiger partial charge on any atom is 0.291 e. The van der Waals surface area contributed by atoms with Crippen LogP contribution in [0.1, 0.15) is 58.0 Å². The van der Waals surface area contributed by atoms with Crippen molar-refractivity contribution in [2.75, 3.05) is 12.4 Å². The molecule has 2 amide bonds. The van der Waals surface area contributed by atoms with E-state index >= 15 is 0 Å². The molecule has 0 fully saturated rings. The van der Waals surface area contributed by atoms with E-state index in [9.17, 15) is 27.2 Å². The lowest BCUT2D eigenvalue weighted by Gasteiger charge is -2.05. The Morgan fingerprint density at radius 2 is 1.88 bits per heavy atom. The molecule has 0 radical (unpaired) electrons. The molecule has 172 valence electrons. The van der Waals surface area contributed by atoms with Crippen LogP contribution in [0.25, 0.3) is 0 Å². The molecule has 3 aromatic heterocycles. The van der Waals surface area contributed by atoms with Crippen LogP contribution in [0, 0.1) is 0 Å². The second kappa shape index (κ2) is 9.42. The van der Waals surface area contributed by atoms with Gasteiger partial charge < -0.3 is 15.1 Å². The molecule has 3 heterocycles. The summed E-state index contributed by atoms with van der Waals surface area (Å²) in [6, 6.07) is 2.56. The van der Waals surface area contributed by atoms with E-state index in [2.05, 4.69) is 20.8 Å². The molecular weight excluding hydrogens is 460 g/mol. The van der Waals surface area contributed by atoms with Gasteiger partial charge in [-0.25, -0.2) is 17.6 Å². The minimum Gasteiger partial charge on any atom is -0.454 e. The normalized spacial score (nSPS) is 11.4. The molecular formula is C18H17ClF4N6O3. The highest BCUT2D eigenvalue weighted by Gasteiger charge is 2.28. The van der Waals surface area contributed by atoms with Crippen LogP contribution in [0.5, 0.6) is 0 Å². The molecule has 0 unspecified atom stereocenters. The topological polar surface area (TPSA) is 107 Å². The fourth-order valence-corrected chi connectivity index (χ4v) is 3.12. The third-order valence-electron chi connectivity index (χ3n) is 4.34. The molecule has 0 saturated heterocycles. The number of nitrogens with one attached hydrogen (secondary N) is 2. The maximum absolute atomic E-state index is 13.3. The number of alkyl halides is 4. The van der Waals surface area contributed by atoms with Crippen molar-refractivity contribution in [2.45, 2.75) is 32.9 Å². The number of carbonyl (C=O) groups excluding carboxylic acids is 2. The van der Waals surface area contributed by atoms with E-state index in [0.29, 0.717) is 11.2 Å². The van der Waals surface area contributed by atoms with Crippen molar-refractivity contribution in [3.8, 4) is 0 Å². The van der Waals surface area contributed by atoms with Gasteiger partial charge in [-0.1, -0.05) is 11.6 Å². The van der Waals surface area contributed by atoms with Gasteiger partial charge in [0.15, 0.2) is 11.5 Å². The van der Waals surface area contributed by atoms with Gasteiger partial charge in [0.05, 0.1) is 17.3 Å². The summed E-state index contributed by atoms with van der Waals surface area (Å²) in [6.45, 7) is 1.78. The molecule has 14 heteroatoms. The SMILES string of the molecule is CCn1cc(NC(=O)c2ccc(Cn3nc(C(F)F)c(Cl)c3C(F)F)o2)c(C(=O)NC)n1. The minimum absolute atomic E-state index is 0.00666. The smallest absolute Gasteiger partial charge is 0.291 e. The molecule has 3 rings (SSSR count). The van der Waals surface area contributed by atoms with E-state index in [0.717, 1.165) is 0 Å². The van der Waals surface area contributed by atoms with E-state index in [1.165, 1.54) is 30.1 Å². The van der Waals surface area contributed by atoms with Crippen molar-refractivity contribution in [2.24, 2.45) is 0 Å². The van der Waals surface area contributed by atoms with Crippen LogP contribution in [0.15, 0.2) is 22.7 Å². The number of anilines is 1. The highest BCUT2D eigenvalue weighted by atomic mass is 35.5. The first-order valence-corrected chi connectivity index (χ1v) is 9.56. The number of nitrogens with zero attached hydrogens (tertiary/aromatic N) is 4. The van der Waals surface area contributed by atoms with Gasteiger partial charge in [-0.3, -0.25) is 19.0 Å². The first-order chi connectivity index (χ1) is 15.2. The summed E-state index contributed by atoms with van der Waals surface area (Å²) in [5, 5.41) is 11.6. The summed E-state index contributed by atoms with van der Waals surface area (Å²) in [4.78, 5) is 24.5. The number of carbonyl (C=O) groups is 2. The Labute approximate surface area is 183 Å². The molecule has 3 aromatic rings. The second-order valence-electron chi connectivity index (χ2n) is 6.39. The maximum atomic E-state index is 13.3. The fourth-order valence-electron chi connectivity index (χ4n) is 2.82. The standard InChI is InChI=1S/C18H17ClF4N6O3/c1-3-28-7-9(12(26-28)18(31)24-2)25-17(30)10-5-4-8(32-10)6-29-14(16(22)23)11(19)13(27-29)15(20)21/h4-5,7,15-16H,3,6H2,1-2H3,(H,24,31)(H,25,30). The van der Waals surface area contributed by atoms with Crippen LogP contribution in [0.2, 0.25) is 5.02 Å². The van der Waals surface area contributed by atoms with Crippen LogP contribution in [-0.2, 0) is 13.1 Å². The Kier molecular flexibility index (Phi) is 6.87. The molecule has 0 aliphatic heterocycles. The average Bonchev–Trinajstić information content (AvgIpc) is 3.45. The molecule has 0 aliphatic carbocycles. The van der Waals surface area contributed by atoms with Gasteiger partial charge in [0, 0.05) is 19.8 Å². The Morgan fingerprint density at radius 3 is 2.47 bits per heavy atom. The van der Waals surface area contributed by atoms with Crippen molar-refractivity contribution < 1.29 is 31.6 Å². The van der Waals surface area contributed by atoms with Gasteiger partial charge in [0.1, 0.15) is 17.1 Å². The lowest BCUT2D eigenvalue weighted by molar-refractivity contribution is 0.0958. The van der Waals surface area contributed by atoms with E-state index in [1.807, 2.05) is 0 Å². The predicted octanol–water partition coefficient (Wildman–Crippen LogP) is 3.88. The molecule has 0 aromatic carbocycles. The predicted molar refractivity (Wildman–Crippen MR) is 104 cm³/mol. The first kappa shape index (κ1) is 23.3. The fraction of sp³-hybridized carbons (Fsp3) is 0.333. The number of aromatic nitrogens is 4. The third-order valence-corrected chi connectivity index (χ3v) is 4.72. The zero-order valence-corrected chi connectivity index (χ0v) is 17.5. The zero-order valence-electron chi connectivity index (χ0n) is 16.7. The third kappa shape index (κ3) is 4.61. The van der Waals surface area contributed by atoms with Crippen LogP contribution in [0.4, 0.5) is 23.2 Å². The Bertz CT molecular complexity index is 1140. The van der Waals surface area contributed by atoms with Gasteiger partial charge in [0.2, 0.25) is 0 Å². The van der Waals surface area contributed by atoms with Crippen molar-refractivity contribution in [1.29, 1.82) is 0 Å². The van der Waals surface area contributed by atoms with Crippen LogP contribution >= 0.6 is 11.6 Å². The second-order valence-corrected chi connectivity index (χ2v) is 6.77. The van der Waals surface area contributed by atoms with Gasteiger partial charge >= 0.3 is 0 Å². The number of furan rings is 1.